The number of hydrogen-bond acceptors (Lipinski definition) is 6. The van der Waals surface area contributed by atoms with Crippen LogP contribution in [0.3, 0.4) is 0 Å². The smallest absolute Gasteiger partial charge is 0.331 e. The van der Waals surface area contributed by atoms with Gasteiger partial charge in [-0.15, -0.1) is 0 Å². The minimum absolute atomic E-state index is 0.0147. The third kappa shape index (κ3) is 3.58. The van der Waals surface area contributed by atoms with Gasteiger partial charge in [-0.05, 0) is 18.2 Å². The predicted octanol–water partition coefficient (Wildman–Crippen LogP) is -0.319. The van der Waals surface area contributed by atoms with Crippen molar-refractivity contribution in [3.63, 3.8) is 0 Å². The number of benzene rings is 1. The Morgan fingerprint density at radius 3 is 2.50 bits per heavy atom. The summed E-state index contributed by atoms with van der Waals surface area (Å²) >= 11 is 0. The molecule has 1 unspecified atom stereocenters. The molecule has 1 amide bonds. The quantitative estimate of drug-likeness (QED) is 0.713. The van der Waals surface area contributed by atoms with Crippen molar-refractivity contribution >= 4 is 21.9 Å². The van der Waals surface area contributed by atoms with Gasteiger partial charge in [0.2, 0.25) is 10.0 Å². The van der Waals surface area contributed by atoms with E-state index in [1.807, 2.05) is 0 Å². The van der Waals surface area contributed by atoms with Gasteiger partial charge in [-0.3, -0.25) is 4.79 Å². The average Bonchev–Trinajstić information content (AvgIpc) is 3.12. The Morgan fingerprint density at radius 2 is 1.88 bits per heavy atom. The fraction of sp³-hybridized carbons (Fsp3) is 0.500. The molecule has 3 rings (SSSR count). The van der Waals surface area contributed by atoms with E-state index in [1.165, 1.54) is 28.6 Å². The van der Waals surface area contributed by atoms with Crippen molar-refractivity contribution in [2.75, 3.05) is 39.5 Å². The van der Waals surface area contributed by atoms with Crippen LogP contribution in [0.1, 0.15) is 16.8 Å². The van der Waals surface area contributed by atoms with E-state index in [0.717, 1.165) is 0 Å². The van der Waals surface area contributed by atoms with Crippen molar-refractivity contribution in [2.24, 2.45) is 0 Å². The van der Waals surface area contributed by atoms with Gasteiger partial charge in [-0.2, -0.15) is 4.31 Å². The lowest BCUT2D eigenvalue weighted by molar-refractivity contribution is -0.144. The van der Waals surface area contributed by atoms with Gasteiger partial charge in [-0.25, -0.2) is 13.2 Å². The molecule has 2 aliphatic rings. The van der Waals surface area contributed by atoms with Crippen molar-refractivity contribution in [1.29, 1.82) is 0 Å². The first-order valence-electron chi connectivity index (χ1n) is 8.17. The summed E-state index contributed by atoms with van der Waals surface area (Å²) in [4.78, 5) is 24.0. The molecule has 2 heterocycles. The van der Waals surface area contributed by atoms with Crippen LogP contribution in [-0.4, -0.2) is 74.8 Å². The van der Waals surface area contributed by atoms with Gasteiger partial charge in [-0.1, -0.05) is 6.07 Å². The van der Waals surface area contributed by atoms with Gasteiger partial charge in [0.1, 0.15) is 0 Å². The molecule has 0 spiro atoms. The van der Waals surface area contributed by atoms with Crippen LogP contribution in [0, 0.1) is 0 Å². The van der Waals surface area contributed by atoms with Gasteiger partial charge < -0.3 is 19.9 Å². The molecule has 142 valence electrons. The summed E-state index contributed by atoms with van der Waals surface area (Å²) in [5.41, 5.74) is -1.41. The Hall–Kier alpha value is -2.01. The van der Waals surface area contributed by atoms with E-state index >= 15 is 0 Å². The van der Waals surface area contributed by atoms with Gasteiger partial charge in [0, 0.05) is 31.7 Å². The number of carboxylic acid groups (broad SMARTS) is 1. The van der Waals surface area contributed by atoms with Gasteiger partial charge in [0.15, 0.2) is 5.54 Å². The summed E-state index contributed by atoms with van der Waals surface area (Å²) in [7, 11) is -3.74. The van der Waals surface area contributed by atoms with Crippen LogP contribution >= 0.6 is 0 Å². The topological polar surface area (TPSA) is 122 Å². The number of carboxylic acids is 1. The van der Waals surface area contributed by atoms with Crippen LogP contribution in [0.4, 0.5) is 0 Å². The average molecular weight is 384 g/mol. The Bertz CT molecular complexity index is 797. The molecule has 0 aliphatic carbocycles. The second-order valence-electron chi connectivity index (χ2n) is 6.19. The number of carbonyl (C=O) groups is 2. The highest BCUT2D eigenvalue weighted by Crippen LogP contribution is 2.22. The molecular formula is C16H20N2O7S. The second kappa shape index (κ2) is 7.31. The van der Waals surface area contributed by atoms with Crippen molar-refractivity contribution in [3.05, 3.63) is 29.8 Å². The van der Waals surface area contributed by atoms with Crippen LogP contribution in [0.5, 0.6) is 0 Å². The lowest BCUT2D eigenvalue weighted by atomic mass is 9.98. The molecule has 0 radical (unpaired) electrons. The van der Waals surface area contributed by atoms with E-state index in [9.17, 15) is 23.1 Å². The SMILES string of the molecule is O=C(NC1(C(=O)O)CCOC1)c1cccc(S(=O)(=O)N2CCOCC2)c1. The molecular weight excluding hydrogens is 364 g/mol. The van der Waals surface area contributed by atoms with Gasteiger partial charge in [0.05, 0.1) is 24.7 Å². The summed E-state index contributed by atoms with van der Waals surface area (Å²) < 4.78 is 37.0. The number of rotatable bonds is 5. The van der Waals surface area contributed by atoms with Crippen LogP contribution < -0.4 is 5.32 Å². The van der Waals surface area contributed by atoms with Crippen molar-refractivity contribution in [2.45, 2.75) is 16.9 Å². The number of amides is 1. The van der Waals surface area contributed by atoms with Crippen molar-refractivity contribution in [3.8, 4) is 0 Å². The van der Waals surface area contributed by atoms with Crippen molar-refractivity contribution < 1.29 is 32.6 Å². The summed E-state index contributed by atoms with van der Waals surface area (Å²) in [6, 6.07) is 5.57. The molecule has 26 heavy (non-hydrogen) atoms. The monoisotopic (exact) mass is 384 g/mol. The molecule has 1 aromatic rings. The Balaban J connectivity index is 1.82. The molecule has 0 bridgehead atoms. The molecule has 2 aliphatic heterocycles. The zero-order valence-corrected chi connectivity index (χ0v) is 14.8. The molecule has 10 heteroatoms. The number of aliphatic carboxylic acids is 1. The van der Waals surface area contributed by atoms with E-state index in [-0.39, 0.29) is 43.2 Å². The minimum atomic E-state index is -3.74. The summed E-state index contributed by atoms with van der Waals surface area (Å²) in [5.74, 6) is -1.84. The molecule has 0 saturated carbocycles. The number of hydrogen-bond donors (Lipinski definition) is 2. The number of nitrogens with one attached hydrogen (secondary N) is 1. The molecule has 2 saturated heterocycles. The summed E-state index contributed by atoms with van der Waals surface area (Å²) in [6.45, 7) is 1.25. The molecule has 2 fully saturated rings. The van der Waals surface area contributed by atoms with Gasteiger partial charge >= 0.3 is 5.97 Å². The summed E-state index contributed by atoms with van der Waals surface area (Å²) in [6.07, 6.45) is 0.153. The second-order valence-corrected chi connectivity index (χ2v) is 8.13. The molecule has 2 N–H and O–H groups in total. The third-order valence-corrected chi connectivity index (χ3v) is 6.38. The van der Waals surface area contributed by atoms with Crippen LogP contribution in [0.2, 0.25) is 0 Å². The molecule has 0 aromatic heterocycles. The lowest BCUT2D eigenvalue weighted by Gasteiger charge is -2.26. The van der Waals surface area contributed by atoms with Crippen LogP contribution in [0.25, 0.3) is 0 Å². The lowest BCUT2D eigenvalue weighted by Crippen LogP contribution is -2.55. The maximum absolute atomic E-state index is 12.7. The van der Waals surface area contributed by atoms with E-state index in [1.54, 1.807) is 0 Å². The zero-order chi connectivity index (χ0) is 18.8. The Morgan fingerprint density at radius 1 is 1.15 bits per heavy atom. The predicted molar refractivity (Wildman–Crippen MR) is 89.3 cm³/mol. The summed E-state index contributed by atoms with van der Waals surface area (Å²) in [5, 5.41) is 11.9. The molecule has 1 aromatic carbocycles. The number of sulfonamides is 1. The maximum Gasteiger partial charge on any atom is 0.331 e. The number of carbonyl (C=O) groups excluding carboxylic acids is 1. The fourth-order valence-corrected chi connectivity index (χ4v) is 4.36. The highest BCUT2D eigenvalue weighted by Gasteiger charge is 2.44. The first-order chi connectivity index (χ1) is 12.3. The maximum atomic E-state index is 12.7. The van der Waals surface area contributed by atoms with E-state index < -0.39 is 27.4 Å². The first kappa shape index (κ1) is 18.8. The molecule has 1 atom stereocenters. The zero-order valence-electron chi connectivity index (χ0n) is 14.0. The highest BCUT2D eigenvalue weighted by molar-refractivity contribution is 7.89. The number of ether oxygens (including phenoxy) is 2. The number of nitrogens with zero attached hydrogens (tertiary/aromatic N) is 1. The van der Waals surface area contributed by atoms with E-state index in [4.69, 9.17) is 9.47 Å². The Kier molecular flexibility index (Phi) is 5.28. The fourth-order valence-electron chi connectivity index (χ4n) is 2.91. The first-order valence-corrected chi connectivity index (χ1v) is 9.61. The highest BCUT2D eigenvalue weighted by atomic mass is 32.2. The van der Waals surface area contributed by atoms with E-state index in [2.05, 4.69) is 5.32 Å². The Labute approximate surface area is 150 Å². The minimum Gasteiger partial charge on any atom is -0.479 e. The van der Waals surface area contributed by atoms with E-state index in [0.29, 0.717) is 13.2 Å². The standard InChI is InChI=1S/C16H20N2O7S/c19-14(17-16(15(20)21)4-7-25-11-16)12-2-1-3-13(10-12)26(22,23)18-5-8-24-9-6-18/h1-3,10H,4-9,11H2,(H,17,19)(H,20,21). The van der Waals surface area contributed by atoms with Gasteiger partial charge in [0.25, 0.3) is 5.91 Å². The van der Waals surface area contributed by atoms with Crippen LogP contribution in [0.15, 0.2) is 29.2 Å². The van der Waals surface area contributed by atoms with Crippen molar-refractivity contribution in [1.82, 2.24) is 9.62 Å². The number of morpholine rings is 1. The third-order valence-electron chi connectivity index (χ3n) is 4.49. The largest absolute Gasteiger partial charge is 0.479 e. The van der Waals surface area contributed by atoms with Crippen LogP contribution in [-0.2, 0) is 24.3 Å². The molecule has 9 nitrogen and oxygen atoms in total. The normalized spacial score (nSPS) is 24.3.